The van der Waals surface area contributed by atoms with Gasteiger partial charge in [-0.2, -0.15) is 0 Å². The van der Waals surface area contributed by atoms with Crippen molar-refractivity contribution in [3.8, 4) is 0 Å². The summed E-state index contributed by atoms with van der Waals surface area (Å²) < 4.78 is 5.18. The van der Waals surface area contributed by atoms with Gasteiger partial charge in [-0.15, -0.1) is 24.0 Å². The molecule has 0 aliphatic carbocycles. The van der Waals surface area contributed by atoms with Crippen molar-refractivity contribution in [2.45, 2.75) is 26.2 Å². The number of nitrogens with one attached hydrogen (secondary N) is 1. The molecular formula is C16H27IN4O2. The van der Waals surface area contributed by atoms with Gasteiger partial charge in [-0.3, -0.25) is 9.79 Å². The van der Waals surface area contributed by atoms with Gasteiger partial charge in [0.1, 0.15) is 0 Å². The summed E-state index contributed by atoms with van der Waals surface area (Å²) in [7, 11) is 1.81. The van der Waals surface area contributed by atoms with Gasteiger partial charge in [-0.05, 0) is 18.6 Å². The van der Waals surface area contributed by atoms with Crippen molar-refractivity contribution >= 4 is 35.8 Å². The Kier molecular flexibility index (Phi) is 9.05. The Bertz CT molecular complexity index is 482. The van der Waals surface area contributed by atoms with E-state index in [4.69, 9.17) is 4.42 Å². The third kappa shape index (κ3) is 5.71. The van der Waals surface area contributed by atoms with Crippen molar-refractivity contribution in [3.63, 3.8) is 0 Å². The first kappa shape index (κ1) is 19.8. The highest BCUT2D eigenvalue weighted by molar-refractivity contribution is 14.0. The van der Waals surface area contributed by atoms with Gasteiger partial charge in [0.15, 0.2) is 11.7 Å². The highest BCUT2D eigenvalue weighted by Gasteiger charge is 2.24. The number of piperazine rings is 1. The van der Waals surface area contributed by atoms with Crippen LogP contribution in [0.15, 0.2) is 27.8 Å². The molecule has 1 amide bonds. The van der Waals surface area contributed by atoms with Crippen LogP contribution >= 0.6 is 24.0 Å². The molecular weight excluding hydrogens is 407 g/mol. The zero-order valence-electron chi connectivity index (χ0n) is 14.0. The summed E-state index contributed by atoms with van der Waals surface area (Å²) in [4.78, 5) is 20.6. The van der Waals surface area contributed by atoms with Crippen molar-refractivity contribution in [1.29, 1.82) is 0 Å². The first-order valence-corrected chi connectivity index (χ1v) is 8.04. The summed E-state index contributed by atoms with van der Waals surface area (Å²) in [5.74, 6) is 1.31. The number of carbonyl (C=O) groups excluding carboxylic acids is 1. The standard InChI is InChI=1S/C16H26N4O2.HI/c1-3-4-5-8-18-16(17-2)20-11-9-19(10-12-20)15(21)14-7-6-13-22-14;/h6-7,13H,3-5,8-12H2,1-2H3,(H,17,18);1H. The lowest BCUT2D eigenvalue weighted by Gasteiger charge is -2.36. The summed E-state index contributed by atoms with van der Waals surface area (Å²) in [5.41, 5.74) is 0. The molecule has 1 aliphatic heterocycles. The monoisotopic (exact) mass is 434 g/mol. The molecule has 130 valence electrons. The van der Waals surface area contributed by atoms with Gasteiger partial charge in [0, 0.05) is 39.8 Å². The lowest BCUT2D eigenvalue weighted by atomic mass is 10.2. The first-order valence-electron chi connectivity index (χ1n) is 8.04. The second kappa shape index (κ2) is 10.5. The third-order valence-electron chi connectivity index (χ3n) is 3.87. The van der Waals surface area contributed by atoms with E-state index in [0.717, 1.165) is 32.0 Å². The Morgan fingerprint density at radius 3 is 2.52 bits per heavy atom. The average Bonchev–Trinajstić information content (AvgIpc) is 3.09. The van der Waals surface area contributed by atoms with Gasteiger partial charge in [0.25, 0.3) is 5.91 Å². The van der Waals surface area contributed by atoms with E-state index in [1.54, 1.807) is 12.1 Å². The van der Waals surface area contributed by atoms with Crippen molar-refractivity contribution < 1.29 is 9.21 Å². The Labute approximate surface area is 155 Å². The molecule has 1 saturated heterocycles. The summed E-state index contributed by atoms with van der Waals surface area (Å²) in [6.07, 6.45) is 5.14. The lowest BCUT2D eigenvalue weighted by molar-refractivity contribution is 0.0658. The number of carbonyl (C=O) groups is 1. The Balaban J connectivity index is 0.00000264. The quantitative estimate of drug-likeness (QED) is 0.335. The highest BCUT2D eigenvalue weighted by atomic mass is 127. The number of rotatable bonds is 5. The van der Waals surface area contributed by atoms with Crippen LogP contribution in [0.25, 0.3) is 0 Å². The van der Waals surface area contributed by atoms with Crippen molar-refractivity contribution in [1.82, 2.24) is 15.1 Å². The van der Waals surface area contributed by atoms with Crippen molar-refractivity contribution in [3.05, 3.63) is 24.2 Å². The molecule has 1 aromatic rings. The maximum Gasteiger partial charge on any atom is 0.289 e. The Morgan fingerprint density at radius 1 is 1.26 bits per heavy atom. The van der Waals surface area contributed by atoms with E-state index < -0.39 is 0 Å². The molecule has 0 spiro atoms. The molecule has 23 heavy (non-hydrogen) atoms. The van der Waals surface area contributed by atoms with Crippen LogP contribution in [0, 0.1) is 0 Å². The number of amides is 1. The second-order valence-corrected chi connectivity index (χ2v) is 5.44. The molecule has 1 aromatic heterocycles. The van der Waals surface area contributed by atoms with Gasteiger partial charge in [0.2, 0.25) is 0 Å². The first-order chi connectivity index (χ1) is 10.8. The number of aliphatic imine (C=N–C) groups is 1. The molecule has 2 heterocycles. The number of unbranched alkanes of at least 4 members (excludes halogenated alkanes) is 2. The van der Waals surface area contributed by atoms with Crippen LogP contribution in [0.5, 0.6) is 0 Å². The SMILES string of the molecule is CCCCCNC(=NC)N1CCN(C(=O)c2ccco2)CC1.I. The molecule has 1 N–H and O–H groups in total. The smallest absolute Gasteiger partial charge is 0.289 e. The number of guanidine groups is 1. The van der Waals surface area contributed by atoms with E-state index in [1.165, 1.54) is 19.1 Å². The molecule has 0 aromatic carbocycles. The molecule has 7 heteroatoms. The molecule has 0 bridgehead atoms. The third-order valence-corrected chi connectivity index (χ3v) is 3.87. The zero-order valence-corrected chi connectivity index (χ0v) is 16.3. The topological polar surface area (TPSA) is 61.1 Å². The van der Waals surface area contributed by atoms with Crippen LogP contribution in [0.4, 0.5) is 0 Å². The summed E-state index contributed by atoms with van der Waals surface area (Å²) in [6, 6.07) is 3.45. The van der Waals surface area contributed by atoms with Gasteiger partial charge in [-0.1, -0.05) is 19.8 Å². The van der Waals surface area contributed by atoms with E-state index in [2.05, 4.69) is 22.1 Å². The molecule has 0 atom stereocenters. The van der Waals surface area contributed by atoms with Gasteiger partial charge in [-0.25, -0.2) is 0 Å². The van der Waals surface area contributed by atoms with Crippen molar-refractivity contribution in [2.24, 2.45) is 4.99 Å². The normalized spacial score (nSPS) is 15.3. The average molecular weight is 434 g/mol. The fourth-order valence-corrected chi connectivity index (χ4v) is 2.58. The second-order valence-electron chi connectivity index (χ2n) is 5.44. The van der Waals surface area contributed by atoms with Crippen LogP contribution in [-0.2, 0) is 0 Å². The van der Waals surface area contributed by atoms with Crippen molar-refractivity contribution in [2.75, 3.05) is 39.8 Å². The van der Waals surface area contributed by atoms with Crippen LogP contribution < -0.4 is 5.32 Å². The lowest BCUT2D eigenvalue weighted by Crippen LogP contribution is -2.53. The minimum Gasteiger partial charge on any atom is -0.459 e. The van der Waals surface area contributed by atoms with Gasteiger partial charge >= 0.3 is 0 Å². The van der Waals surface area contributed by atoms with Crippen LogP contribution in [0.3, 0.4) is 0 Å². The van der Waals surface area contributed by atoms with E-state index in [0.29, 0.717) is 18.8 Å². The largest absolute Gasteiger partial charge is 0.459 e. The fraction of sp³-hybridized carbons (Fsp3) is 0.625. The van der Waals surface area contributed by atoms with Gasteiger partial charge in [0.05, 0.1) is 6.26 Å². The maximum absolute atomic E-state index is 12.2. The Morgan fingerprint density at radius 2 is 1.96 bits per heavy atom. The minimum atomic E-state index is -0.0319. The van der Waals surface area contributed by atoms with E-state index in [-0.39, 0.29) is 29.9 Å². The Hall–Kier alpha value is -1.25. The van der Waals surface area contributed by atoms with Crippen LogP contribution in [-0.4, -0.2) is 61.4 Å². The molecule has 0 unspecified atom stereocenters. The van der Waals surface area contributed by atoms with E-state index in [9.17, 15) is 4.79 Å². The zero-order chi connectivity index (χ0) is 15.8. The molecule has 1 aliphatic rings. The van der Waals surface area contributed by atoms with Crippen LogP contribution in [0.1, 0.15) is 36.7 Å². The minimum absolute atomic E-state index is 0. The summed E-state index contributed by atoms with van der Waals surface area (Å²) in [5, 5.41) is 3.40. The van der Waals surface area contributed by atoms with Gasteiger partial charge < -0.3 is 19.5 Å². The number of hydrogen-bond donors (Lipinski definition) is 1. The number of furan rings is 1. The van der Waals surface area contributed by atoms with E-state index in [1.807, 2.05) is 11.9 Å². The van der Waals surface area contributed by atoms with E-state index >= 15 is 0 Å². The summed E-state index contributed by atoms with van der Waals surface area (Å²) in [6.45, 7) is 6.11. The van der Waals surface area contributed by atoms with Crippen LogP contribution in [0.2, 0.25) is 0 Å². The number of halogens is 1. The predicted molar refractivity (Wildman–Crippen MR) is 102 cm³/mol. The number of hydrogen-bond acceptors (Lipinski definition) is 3. The maximum atomic E-state index is 12.2. The molecule has 0 saturated carbocycles. The highest BCUT2D eigenvalue weighted by Crippen LogP contribution is 2.09. The predicted octanol–water partition coefficient (Wildman–Crippen LogP) is 2.42. The molecule has 2 rings (SSSR count). The molecule has 1 fully saturated rings. The molecule has 0 radical (unpaired) electrons. The number of nitrogens with zero attached hydrogens (tertiary/aromatic N) is 3. The molecule has 6 nitrogen and oxygen atoms in total. The summed E-state index contributed by atoms with van der Waals surface area (Å²) >= 11 is 0. The fourth-order valence-electron chi connectivity index (χ4n) is 2.58.